The number of nitrogens with zero attached hydrogens (tertiary/aromatic N) is 4. The van der Waals surface area contributed by atoms with Gasteiger partial charge in [-0.05, 0) is 61.8 Å². The lowest BCUT2D eigenvalue weighted by Crippen LogP contribution is -2.63. The summed E-state index contributed by atoms with van der Waals surface area (Å²) in [6, 6.07) is 2.49. The number of hydrazine groups is 2. The maximum atomic E-state index is 10.1. The number of rotatable bonds is 9. The second kappa shape index (κ2) is 9.12. The molecule has 22 heavy (non-hydrogen) atoms. The lowest BCUT2D eigenvalue weighted by atomic mass is 9.97. The third-order valence-corrected chi connectivity index (χ3v) is 4.29. The third kappa shape index (κ3) is 5.73. The van der Waals surface area contributed by atoms with Gasteiger partial charge in [0, 0.05) is 30.1 Å². The van der Waals surface area contributed by atoms with Gasteiger partial charge in [0.1, 0.15) is 0 Å². The van der Waals surface area contributed by atoms with E-state index in [9.17, 15) is 9.79 Å². The summed E-state index contributed by atoms with van der Waals surface area (Å²) in [6.45, 7) is 16.3. The van der Waals surface area contributed by atoms with Gasteiger partial charge in [-0.2, -0.15) is 5.26 Å². The molecule has 0 heterocycles. The fourth-order valence-corrected chi connectivity index (χ4v) is 4.14. The van der Waals surface area contributed by atoms with Crippen molar-refractivity contribution in [3.8, 4) is 6.07 Å². The van der Waals surface area contributed by atoms with Gasteiger partial charge in [-0.25, -0.2) is 10.0 Å². The van der Waals surface area contributed by atoms with Crippen molar-refractivity contribution in [1.82, 2.24) is 14.9 Å². The zero-order chi connectivity index (χ0) is 17.7. The molecule has 0 aromatic rings. The van der Waals surface area contributed by atoms with Crippen LogP contribution in [0.3, 0.4) is 0 Å². The molecule has 6 nitrogen and oxygen atoms in total. The molecule has 0 saturated heterocycles. The minimum atomic E-state index is -2.32. The van der Waals surface area contributed by atoms with Gasteiger partial charge >= 0.3 is 0 Å². The monoisotopic (exact) mass is 332 g/mol. The lowest BCUT2D eigenvalue weighted by Gasteiger charge is -2.53. The van der Waals surface area contributed by atoms with Gasteiger partial charge in [-0.3, -0.25) is 0 Å². The SMILES string of the molecule is CC(C)N(C(C)C)N(N(C(C)C)C(C)(C)CCC#N)P(O)O. The van der Waals surface area contributed by atoms with Crippen LogP contribution in [0.2, 0.25) is 0 Å². The van der Waals surface area contributed by atoms with Crippen LogP contribution in [0.1, 0.15) is 68.2 Å². The van der Waals surface area contributed by atoms with E-state index in [0.717, 1.165) is 0 Å². The Labute approximate surface area is 137 Å². The van der Waals surface area contributed by atoms with Gasteiger partial charge in [0.2, 0.25) is 0 Å². The average molecular weight is 332 g/mol. The predicted octanol–water partition coefficient (Wildman–Crippen LogP) is 3.24. The molecular formula is C15H33N4O2P. The van der Waals surface area contributed by atoms with Crippen molar-refractivity contribution in [1.29, 1.82) is 5.26 Å². The van der Waals surface area contributed by atoms with E-state index in [-0.39, 0.29) is 23.7 Å². The fourth-order valence-electron chi connectivity index (χ4n) is 2.92. The molecule has 0 atom stereocenters. The number of hydrogen-bond acceptors (Lipinski definition) is 6. The molecular weight excluding hydrogens is 299 g/mol. The van der Waals surface area contributed by atoms with Crippen molar-refractivity contribution >= 4 is 8.53 Å². The molecule has 2 N–H and O–H groups in total. The Morgan fingerprint density at radius 2 is 1.45 bits per heavy atom. The van der Waals surface area contributed by atoms with Crippen molar-refractivity contribution < 1.29 is 9.79 Å². The van der Waals surface area contributed by atoms with Gasteiger partial charge in [-0.15, -0.1) is 0 Å². The first-order valence-electron chi connectivity index (χ1n) is 7.89. The highest BCUT2D eigenvalue weighted by atomic mass is 31.2. The molecule has 0 aromatic heterocycles. The number of nitriles is 1. The van der Waals surface area contributed by atoms with Crippen LogP contribution < -0.4 is 0 Å². The summed E-state index contributed by atoms with van der Waals surface area (Å²) in [5.74, 6) is 0. The third-order valence-electron chi connectivity index (χ3n) is 3.58. The largest absolute Gasteiger partial charge is 0.336 e. The molecule has 0 amide bonds. The van der Waals surface area contributed by atoms with Gasteiger partial charge in [0.05, 0.1) is 6.07 Å². The minimum absolute atomic E-state index is 0.0676. The maximum absolute atomic E-state index is 10.1. The van der Waals surface area contributed by atoms with Gasteiger partial charge < -0.3 is 9.79 Å². The molecule has 0 fully saturated rings. The van der Waals surface area contributed by atoms with E-state index in [1.165, 1.54) is 0 Å². The first-order valence-corrected chi connectivity index (χ1v) is 9.09. The first kappa shape index (κ1) is 21.7. The van der Waals surface area contributed by atoms with Crippen LogP contribution in [-0.2, 0) is 0 Å². The molecule has 7 heteroatoms. The minimum Gasteiger partial charge on any atom is -0.336 e. The van der Waals surface area contributed by atoms with E-state index in [2.05, 4.69) is 6.07 Å². The highest BCUT2D eigenvalue weighted by molar-refractivity contribution is 7.42. The van der Waals surface area contributed by atoms with Crippen LogP contribution in [0.15, 0.2) is 0 Å². The quantitative estimate of drug-likeness (QED) is 0.499. The standard InChI is InChI=1S/C15H33N4O2P/c1-12(2)17(13(3)4)19(22(20)21)18(14(5)6)15(7,8)10-9-11-16/h12-14,20-21H,9-10H2,1-8H3. The van der Waals surface area contributed by atoms with Crippen LogP contribution in [0.4, 0.5) is 0 Å². The highest BCUT2D eigenvalue weighted by Gasteiger charge is 2.41. The van der Waals surface area contributed by atoms with Crippen molar-refractivity contribution in [2.75, 3.05) is 0 Å². The van der Waals surface area contributed by atoms with Crippen molar-refractivity contribution in [3.05, 3.63) is 0 Å². The Hall–Kier alpha value is -0.280. The molecule has 0 aromatic carbocycles. The Balaban J connectivity index is 5.77. The van der Waals surface area contributed by atoms with Crippen molar-refractivity contribution in [2.24, 2.45) is 0 Å². The van der Waals surface area contributed by atoms with Gasteiger partial charge in [0.15, 0.2) is 0 Å². The van der Waals surface area contributed by atoms with Gasteiger partial charge in [-0.1, -0.05) is 4.89 Å². The van der Waals surface area contributed by atoms with E-state index >= 15 is 0 Å². The van der Waals surface area contributed by atoms with Crippen LogP contribution in [0.5, 0.6) is 0 Å². The summed E-state index contributed by atoms with van der Waals surface area (Å²) in [7, 11) is -2.32. The summed E-state index contributed by atoms with van der Waals surface area (Å²) in [6.07, 6.45) is 1.09. The summed E-state index contributed by atoms with van der Waals surface area (Å²) in [4.78, 5) is 21.8. The fraction of sp³-hybridized carbons (Fsp3) is 0.933. The normalized spacial score (nSPS) is 13.5. The van der Waals surface area contributed by atoms with Crippen molar-refractivity contribution in [2.45, 2.75) is 91.9 Å². The molecule has 0 unspecified atom stereocenters. The molecule has 0 aliphatic carbocycles. The van der Waals surface area contributed by atoms with Crippen LogP contribution in [-0.4, -0.2) is 48.4 Å². The molecule has 0 spiro atoms. The van der Waals surface area contributed by atoms with Crippen LogP contribution >= 0.6 is 8.53 Å². The molecule has 0 aliphatic rings. The maximum Gasteiger partial charge on any atom is 0.283 e. The molecule has 0 rings (SSSR count). The summed E-state index contributed by atoms with van der Waals surface area (Å²) in [5.41, 5.74) is -0.363. The Kier molecular flexibility index (Phi) is 9.01. The van der Waals surface area contributed by atoms with E-state index < -0.39 is 8.53 Å². The van der Waals surface area contributed by atoms with Crippen molar-refractivity contribution in [3.63, 3.8) is 0 Å². The first-order chi connectivity index (χ1) is 9.97. The molecule has 130 valence electrons. The zero-order valence-corrected chi connectivity index (χ0v) is 16.2. The lowest BCUT2D eigenvalue weighted by molar-refractivity contribution is -0.206. The summed E-state index contributed by atoms with van der Waals surface area (Å²) < 4.78 is 0. The molecule has 0 radical (unpaired) electrons. The molecule has 0 saturated carbocycles. The second-order valence-corrected chi connectivity index (χ2v) is 7.91. The topological polar surface area (TPSA) is 74.0 Å². The molecule has 0 bridgehead atoms. The molecule has 0 aliphatic heterocycles. The van der Waals surface area contributed by atoms with Crippen LogP contribution in [0.25, 0.3) is 0 Å². The predicted molar refractivity (Wildman–Crippen MR) is 91.2 cm³/mol. The Bertz CT molecular complexity index is 359. The van der Waals surface area contributed by atoms with E-state index in [0.29, 0.717) is 12.8 Å². The van der Waals surface area contributed by atoms with E-state index in [1.807, 2.05) is 65.4 Å². The Morgan fingerprint density at radius 1 is 1.00 bits per heavy atom. The second-order valence-electron chi connectivity index (χ2n) is 7.01. The van der Waals surface area contributed by atoms with E-state index in [4.69, 9.17) is 5.26 Å². The Morgan fingerprint density at radius 3 is 1.73 bits per heavy atom. The van der Waals surface area contributed by atoms with Gasteiger partial charge in [0.25, 0.3) is 8.53 Å². The smallest absolute Gasteiger partial charge is 0.283 e. The zero-order valence-electron chi connectivity index (χ0n) is 15.3. The summed E-state index contributed by atoms with van der Waals surface area (Å²) >= 11 is 0. The average Bonchev–Trinajstić information content (AvgIpc) is 2.33. The summed E-state index contributed by atoms with van der Waals surface area (Å²) in [5, 5.41) is 12.9. The highest BCUT2D eigenvalue weighted by Crippen LogP contribution is 2.41. The van der Waals surface area contributed by atoms with E-state index in [1.54, 1.807) is 4.89 Å². The van der Waals surface area contributed by atoms with Crippen LogP contribution in [0, 0.1) is 11.3 Å². The number of hydrogen-bond donors (Lipinski definition) is 2.